The summed E-state index contributed by atoms with van der Waals surface area (Å²) in [6, 6.07) is 12.0. The van der Waals surface area contributed by atoms with Crippen molar-refractivity contribution < 1.29 is 13.5 Å². The normalized spacial score (nSPS) is 10.6. The van der Waals surface area contributed by atoms with Crippen LogP contribution in [0.3, 0.4) is 0 Å². The smallest absolute Gasteiger partial charge is 0.163 e. The molecule has 0 spiro atoms. The van der Waals surface area contributed by atoms with Gasteiger partial charge < -0.3 is 10.1 Å². The molecule has 2 aromatic carbocycles. The molecule has 0 heterocycles. The van der Waals surface area contributed by atoms with Crippen LogP contribution in [-0.2, 0) is 17.7 Å². The number of rotatable bonds is 6. The number of ether oxygens (including phenoxy) is 1. The molecule has 0 unspecified atom stereocenters. The Hall–Kier alpha value is -1.94. The van der Waals surface area contributed by atoms with Gasteiger partial charge in [0.05, 0.1) is 6.61 Å². The van der Waals surface area contributed by atoms with Crippen LogP contribution in [0.1, 0.15) is 11.1 Å². The van der Waals surface area contributed by atoms with Crippen LogP contribution in [0.5, 0.6) is 0 Å². The van der Waals surface area contributed by atoms with E-state index in [0.29, 0.717) is 12.2 Å². The van der Waals surface area contributed by atoms with E-state index in [2.05, 4.69) is 5.32 Å². The molecule has 2 rings (SSSR count). The van der Waals surface area contributed by atoms with Crippen molar-refractivity contribution in [1.82, 2.24) is 0 Å². The van der Waals surface area contributed by atoms with Crippen molar-refractivity contribution in [2.24, 2.45) is 0 Å². The largest absolute Gasteiger partial charge is 0.384 e. The van der Waals surface area contributed by atoms with E-state index in [4.69, 9.17) is 4.74 Å². The van der Waals surface area contributed by atoms with E-state index in [1.807, 2.05) is 24.3 Å². The molecule has 2 nitrogen and oxygen atoms in total. The third-order valence-corrected chi connectivity index (χ3v) is 3.09. The summed E-state index contributed by atoms with van der Waals surface area (Å²) in [5, 5.41) is 3.14. The van der Waals surface area contributed by atoms with Gasteiger partial charge in [0.15, 0.2) is 11.6 Å². The van der Waals surface area contributed by atoms with E-state index >= 15 is 0 Å². The fourth-order valence-corrected chi connectivity index (χ4v) is 2.00. The van der Waals surface area contributed by atoms with E-state index in [-0.39, 0.29) is 6.54 Å². The molecule has 4 heteroatoms. The molecule has 0 saturated heterocycles. The molecular formula is C16H17F2NO. The molecule has 0 radical (unpaired) electrons. The van der Waals surface area contributed by atoms with Crippen molar-refractivity contribution in [3.05, 3.63) is 65.2 Å². The van der Waals surface area contributed by atoms with Crippen LogP contribution >= 0.6 is 0 Å². The van der Waals surface area contributed by atoms with E-state index < -0.39 is 11.6 Å². The molecule has 0 aromatic heterocycles. The second-order valence-corrected chi connectivity index (χ2v) is 4.47. The van der Waals surface area contributed by atoms with Crippen molar-refractivity contribution in [1.29, 1.82) is 0 Å². The van der Waals surface area contributed by atoms with Gasteiger partial charge in [0.25, 0.3) is 0 Å². The summed E-state index contributed by atoms with van der Waals surface area (Å²) in [6.07, 6.45) is 0.769. The first-order chi connectivity index (χ1) is 9.72. The lowest BCUT2D eigenvalue weighted by Gasteiger charge is -2.12. The van der Waals surface area contributed by atoms with Crippen LogP contribution in [0.4, 0.5) is 14.5 Å². The molecule has 20 heavy (non-hydrogen) atoms. The van der Waals surface area contributed by atoms with Gasteiger partial charge >= 0.3 is 0 Å². The summed E-state index contributed by atoms with van der Waals surface area (Å²) in [6.45, 7) is 0.862. The highest BCUT2D eigenvalue weighted by Gasteiger charge is 2.08. The zero-order valence-corrected chi connectivity index (χ0v) is 11.3. The highest BCUT2D eigenvalue weighted by atomic mass is 19.2. The fraction of sp³-hybridized carbons (Fsp3) is 0.250. The van der Waals surface area contributed by atoms with Crippen LogP contribution < -0.4 is 5.32 Å². The molecular weight excluding hydrogens is 260 g/mol. The van der Waals surface area contributed by atoms with Gasteiger partial charge in [-0.1, -0.05) is 30.3 Å². The topological polar surface area (TPSA) is 21.3 Å². The summed E-state index contributed by atoms with van der Waals surface area (Å²) in [4.78, 5) is 0. The van der Waals surface area contributed by atoms with Crippen molar-refractivity contribution in [3.63, 3.8) is 0 Å². The summed E-state index contributed by atoms with van der Waals surface area (Å²) < 4.78 is 31.8. The van der Waals surface area contributed by atoms with Gasteiger partial charge in [0, 0.05) is 24.9 Å². The first kappa shape index (κ1) is 14.5. The Kier molecular flexibility index (Phi) is 5.07. The maximum absolute atomic E-state index is 13.6. The summed E-state index contributed by atoms with van der Waals surface area (Å²) in [7, 11) is 1.65. The number of hydrogen-bond acceptors (Lipinski definition) is 2. The van der Waals surface area contributed by atoms with Crippen molar-refractivity contribution >= 4 is 5.69 Å². The van der Waals surface area contributed by atoms with Gasteiger partial charge in [-0.3, -0.25) is 0 Å². The number of halogens is 2. The zero-order valence-electron chi connectivity index (χ0n) is 11.3. The summed E-state index contributed by atoms with van der Waals surface area (Å²) >= 11 is 0. The molecule has 2 aromatic rings. The minimum absolute atomic E-state index is 0.244. The fourth-order valence-electron chi connectivity index (χ4n) is 2.00. The van der Waals surface area contributed by atoms with Crippen LogP contribution in [0.2, 0.25) is 0 Å². The third kappa shape index (κ3) is 3.54. The molecule has 0 aliphatic rings. The average molecular weight is 277 g/mol. The minimum Gasteiger partial charge on any atom is -0.384 e. The van der Waals surface area contributed by atoms with Crippen LogP contribution in [0.25, 0.3) is 0 Å². The predicted octanol–water partition coefficient (Wildman–Crippen LogP) is 3.77. The molecule has 0 fully saturated rings. The zero-order chi connectivity index (χ0) is 14.4. The van der Waals surface area contributed by atoms with Crippen molar-refractivity contribution in [3.8, 4) is 0 Å². The van der Waals surface area contributed by atoms with Gasteiger partial charge in [-0.25, -0.2) is 8.78 Å². The van der Waals surface area contributed by atoms with Gasteiger partial charge in [-0.15, -0.1) is 0 Å². The SMILES string of the molecule is COCCc1ccccc1NCc1cccc(F)c1F. The quantitative estimate of drug-likeness (QED) is 0.868. The van der Waals surface area contributed by atoms with E-state index in [1.54, 1.807) is 13.2 Å². The lowest BCUT2D eigenvalue weighted by molar-refractivity contribution is 0.202. The van der Waals surface area contributed by atoms with Crippen molar-refractivity contribution in [2.75, 3.05) is 19.0 Å². The molecule has 0 aliphatic carbocycles. The van der Waals surface area contributed by atoms with Crippen LogP contribution in [0, 0.1) is 11.6 Å². The molecule has 1 N–H and O–H groups in total. The minimum atomic E-state index is -0.822. The van der Waals surface area contributed by atoms with Gasteiger partial charge in [0.1, 0.15) is 0 Å². The Labute approximate surface area is 117 Å². The Bertz CT molecular complexity index is 572. The number of anilines is 1. The standard InChI is InChI=1S/C16H17F2NO/c1-20-10-9-12-5-2-3-8-15(12)19-11-13-6-4-7-14(17)16(13)18/h2-8,19H,9-11H2,1H3. The molecule has 106 valence electrons. The van der Waals surface area contributed by atoms with E-state index in [9.17, 15) is 8.78 Å². The number of nitrogens with one attached hydrogen (secondary N) is 1. The summed E-state index contributed by atoms with van der Waals surface area (Å²) in [5.74, 6) is -1.62. The third-order valence-electron chi connectivity index (χ3n) is 3.09. The Morgan fingerprint density at radius 1 is 1.00 bits per heavy atom. The Balaban J connectivity index is 2.09. The predicted molar refractivity (Wildman–Crippen MR) is 75.7 cm³/mol. The average Bonchev–Trinajstić information content (AvgIpc) is 2.47. The maximum Gasteiger partial charge on any atom is 0.163 e. The second kappa shape index (κ2) is 7.01. The number of methoxy groups -OCH3 is 1. The second-order valence-electron chi connectivity index (χ2n) is 4.47. The first-order valence-corrected chi connectivity index (χ1v) is 6.46. The highest BCUT2D eigenvalue weighted by molar-refractivity contribution is 5.51. The lowest BCUT2D eigenvalue weighted by atomic mass is 10.1. The molecule has 0 aliphatic heterocycles. The van der Waals surface area contributed by atoms with Gasteiger partial charge in [-0.05, 0) is 24.1 Å². The first-order valence-electron chi connectivity index (χ1n) is 6.46. The lowest BCUT2D eigenvalue weighted by Crippen LogP contribution is -2.06. The highest BCUT2D eigenvalue weighted by Crippen LogP contribution is 2.18. The summed E-state index contributed by atoms with van der Waals surface area (Å²) in [5.41, 5.74) is 2.31. The number of hydrogen-bond donors (Lipinski definition) is 1. The van der Waals surface area contributed by atoms with Crippen LogP contribution in [-0.4, -0.2) is 13.7 Å². The molecule has 0 bridgehead atoms. The van der Waals surface area contributed by atoms with Crippen LogP contribution in [0.15, 0.2) is 42.5 Å². The molecule has 0 amide bonds. The van der Waals surface area contributed by atoms with E-state index in [1.165, 1.54) is 6.07 Å². The van der Waals surface area contributed by atoms with Crippen molar-refractivity contribution in [2.45, 2.75) is 13.0 Å². The Morgan fingerprint density at radius 3 is 2.55 bits per heavy atom. The molecule has 0 atom stereocenters. The van der Waals surface area contributed by atoms with E-state index in [0.717, 1.165) is 23.7 Å². The number of benzene rings is 2. The van der Waals surface area contributed by atoms with Gasteiger partial charge in [-0.2, -0.15) is 0 Å². The maximum atomic E-state index is 13.6. The molecule has 0 saturated carbocycles. The Morgan fingerprint density at radius 2 is 1.75 bits per heavy atom. The monoisotopic (exact) mass is 277 g/mol. The number of para-hydroxylation sites is 1. The van der Waals surface area contributed by atoms with Gasteiger partial charge in [0.2, 0.25) is 0 Å².